The topological polar surface area (TPSA) is 25.8 Å². The summed E-state index contributed by atoms with van der Waals surface area (Å²) < 4.78 is 2.59. The predicted molar refractivity (Wildman–Crippen MR) is 243 cm³/mol. The fraction of sp³-hybridized carbons (Fsp3) is 0. The molecule has 0 N–H and O–H groups in total. The van der Waals surface area contributed by atoms with Crippen molar-refractivity contribution in [2.45, 2.75) is 0 Å². The Bertz CT molecular complexity index is 3120. The highest BCUT2D eigenvalue weighted by Crippen LogP contribution is 2.45. The summed E-state index contributed by atoms with van der Waals surface area (Å²) in [6.07, 6.45) is 4.04. The molecule has 0 radical (unpaired) electrons. The van der Waals surface area contributed by atoms with Crippen molar-refractivity contribution in [2.75, 3.05) is 0 Å². The number of fused-ring (bicyclic) bond motifs is 5. The third-order valence-corrected chi connectivity index (χ3v) is 12.5. The lowest BCUT2D eigenvalue weighted by molar-refractivity contribution is 1.32. The minimum Gasteiger partial charge on any atom is -0.256 e. The van der Waals surface area contributed by atoms with Gasteiger partial charge < -0.3 is 0 Å². The van der Waals surface area contributed by atoms with Crippen molar-refractivity contribution in [1.82, 2.24) is 9.97 Å². The number of nitrogens with zero attached hydrogens (tertiary/aromatic N) is 2. The number of aromatic nitrogens is 2. The van der Waals surface area contributed by atoms with E-state index >= 15 is 0 Å². The Morgan fingerprint density at radius 2 is 0.702 bits per heavy atom. The summed E-state index contributed by atoms with van der Waals surface area (Å²) in [7, 11) is 0. The van der Waals surface area contributed by atoms with Gasteiger partial charge in [0.25, 0.3) is 0 Å². The molecule has 0 aliphatic rings. The molecule has 3 heterocycles. The zero-order chi connectivity index (χ0) is 37.7. The summed E-state index contributed by atoms with van der Waals surface area (Å²) in [4.78, 5) is 10.1. The van der Waals surface area contributed by atoms with Gasteiger partial charge in [0, 0.05) is 54.8 Å². The molecule has 0 saturated carbocycles. The molecule has 2 nitrogen and oxygen atoms in total. The molecule has 0 fully saturated rings. The van der Waals surface area contributed by atoms with Crippen LogP contribution >= 0.6 is 11.3 Å². The fourth-order valence-corrected chi connectivity index (χ4v) is 9.73. The van der Waals surface area contributed by atoms with Crippen molar-refractivity contribution < 1.29 is 0 Å². The first-order valence-electron chi connectivity index (χ1n) is 19.3. The van der Waals surface area contributed by atoms with Gasteiger partial charge in [0.1, 0.15) is 0 Å². The molecule has 3 aromatic heterocycles. The zero-order valence-electron chi connectivity index (χ0n) is 30.9. The Morgan fingerprint density at radius 1 is 0.281 bits per heavy atom. The van der Waals surface area contributed by atoms with Crippen molar-refractivity contribution in [1.29, 1.82) is 0 Å². The molecule has 8 aromatic carbocycles. The Balaban J connectivity index is 1.06. The van der Waals surface area contributed by atoms with E-state index in [0.29, 0.717) is 0 Å². The van der Waals surface area contributed by atoms with E-state index in [0.717, 1.165) is 50.3 Å². The molecule has 0 bridgehead atoms. The van der Waals surface area contributed by atoms with Crippen LogP contribution in [0.1, 0.15) is 0 Å². The largest absolute Gasteiger partial charge is 0.256 e. The van der Waals surface area contributed by atoms with Crippen LogP contribution in [0, 0.1) is 0 Å². The van der Waals surface area contributed by atoms with E-state index in [1.54, 1.807) is 0 Å². The van der Waals surface area contributed by atoms with E-state index < -0.39 is 0 Å². The van der Waals surface area contributed by atoms with E-state index in [4.69, 9.17) is 9.97 Å². The summed E-state index contributed by atoms with van der Waals surface area (Å²) in [5.41, 5.74) is 13.4. The van der Waals surface area contributed by atoms with Crippen LogP contribution in [0.2, 0.25) is 0 Å². The Morgan fingerprint density at radius 3 is 1.23 bits per heavy atom. The van der Waals surface area contributed by atoms with Crippen molar-refractivity contribution in [3.63, 3.8) is 0 Å². The Hall–Kier alpha value is -7.20. The summed E-state index contributed by atoms with van der Waals surface area (Å²) in [6, 6.07) is 69.7. The van der Waals surface area contributed by atoms with Crippen LogP contribution in [0.3, 0.4) is 0 Å². The van der Waals surface area contributed by atoms with Gasteiger partial charge in [-0.15, -0.1) is 11.3 Å². The first kappa shape index (κ1) is 33.2. The average molecular weight is 743 g/mol. The molecule has 0 saturated heterocycles. The zero-order valence-corrected chi connectivity index (χ0v) is 31.7. The van der Waals surface area contributed by atoms with Gasteiger partial charge in [0.15, 0.2) is 0 Å². The van der Waals surface area contributed by atoms with Crippen LogP contribution < -0.4 is 0 Å². The van der Waals surface area contributed by atoms with Gasteiger partial charge in [0.2, 0.25) is 0 Å². The molecule has 0 spiro atoms. The quantitative estimate of drug-likeness (QED) is 0.170. The first-order chi connectivity index (χ1) is 28.2. The van der Waals surface area contributed by atoms with Gasteiger partial charge >= 0.3 is 0 Å². The molecule has 266 valence electrons. The van der Waals surface area contributed by atoms with Gasteiger partial charge in [-0.1, -0.05) is 164 Å². The lowest BCUT2D eigenvalue weighted by Crippen LogP contribution is -1.90. The normalized spacial score (nSPS) is 11.5. The lowest BCUT2D eigenvalue weighted by atomic mass is 9.93. The van der Waals surface area contributed by atoms with Gasteiger partial charge in [-0.05, 0) is 85.3 Å². The molecule has 3 heteroatoms. The van der Waals surface area contributed by atoms with Crippen molar-refractivity contribution >= 4 is 53.1 Å². The number of rotatable bonds is 6. The van der Waals surface area contributed by atoms with Gasteiger partial charge in [0.05, 0.1) is 11.4 Å². The van der Waals surface area contributed by atoms with Gasteiger partial charge in [-0.2, -0.15) is 0 Å². The Kier molecular flexibility index (Phi) is 8.04. The summed E-state index contributed by atoms with van der Waals surface area (Å²) in [5.74, 6) is 0. The molecule has 0 aliphatic carbocycles. The Labute approximate surface area is 335 Å². The smallest absolute Gasteiger partial charge is 0.0708 e. The number of hydrogen-bond acceptors (Lipinski definition) is 3. The summed E-state index contributed by atoms with van der Waals surface area (Å²) >= 11 is 1.88. The maximum absolute atomic E-state index is 5.06. The fourth-order valence-electron chi connectivity index (χ4n) is 8.35. The number of hydrogen-bond donors (Lipinski definition) is 0. The monoisotopic (exact) mass is 742 g/mol. The van der Waals surface area contributed by atoms with E-state index in [9.17, 15) is 0 Å². The van der Waals surface area contributed by atoms with Crippen LogP contribution in [0.15, 0.2) is 207 Å². The third kappa shape index (κ3) is 5.88. The minimum absolute atomic E-state index is 0.962. The van der Waals surface area contributed by atoms with E-state index in [-0.39, 0.29) is 0 Å². The molecule has 11 aromatic rings. The van der Waals surface area contributed by atoms with E-state index in [1.165, 1.54) is 58.4 Å². The number of thiophene rings is 1. The van der Waals surface area contributed by atoms with Crippen LogP contribution in [-0.2, 0) is 0 Å². The maximum atomic E-state index is 5.06. The van der Waals surface area contributed by atoms with Crippen molar-refractivity contribution in [2.24, 2.45) is 0 Å². The average Bonchev–Trinajstić information content (AvgIpc) is 3.68. The highest BCUT2D eigenvalue weighted by atomic mass is 32.1. The second-order valence-electron chi connectivity index (χ2n) is 14.5. The standard InChI is InChI=1S/C54H34N2S/c1-2-12-37(13-3-1)45-20-10-24-49-50-25-11-21-46(54(50)57-53(45)49)42-31-40(38-26-28-51(55-33-38)47-22-8-16-35-14-4-6-18-43(35)47)30-41(32-42)39-27-29-52(56-34-39)48-23-9-17-36-15-5-7-19-44(36)48/h1-34H. The molecule has 0 atom stereocenters. The second-order valence-corrected chi connectivity index (χ2v) is 15.6. The van der Waals surface area contributed by atoms with Crippen LogP contribution in [0.5, 0.6) is 0 Å². The highest BCUT2D eigenvalue weighted by Gasteiger charge is 2.16. The molecule has 0 aliphatic heterocycles. The molecular weight excluding hydrogens is 709 g/mol. The van der Waals surface area contributed by atoms with E-state index in [2.05, 4.69) is 194 Å². The van der Waals surface area contributed by atoms with Crippen LogP contribution in [0.4, 0.5) is 0 Å². The lowest BCUT2D eigenvalue weighted by Gasteiger charge is -2.13. The second kappa shape index (κ2) is 13.8. The highest BCUT2D eigenvalue weighted by molar-refractivity contribution is 7.26. The van der Waals surface area contributed by atoms with Crippen LogP contribution in [-0.4, -0.2) is 9.97 Å². The maximum Gasteiger partial charge on any atom is 0.0708 e. The number of pyridine rings is 2. The molecule has 0 amide bonds. The van der Waals surface area contributed by atoms with Crippen molar-refractivity contribution in [3.05, 3.63) is 207 Å². The van der Waals surface area contributed by atoms with Gasteiger partial charge in [-0.3, -0.25) is 9.97 Å². The molecular formula is C54H34N2S. The first-order valence-corrected chi connectivity index (χ1v) is 20.1. The summed E-state index contributed by atoms with van der Waals surface area (Å²) in [5, 5.41) is 7.40. The summed E-state index contributed by atoms with van der Waals surface area (Å²) in [6.45, 7) is 0. The van der Waals surface area contributed by atoms with E-state index in [1.807, 2.05) is 23.7 Å². The predicted octanol–water partition coefficient (Wildman–Crippen LogP) is 15.2. The number of benzene rings is 8. The molecule has 0 unspecified atom stereocenters. The SMILES string of the molecule is c1ccc(-c2cccc3c2sc2c(-c4cc(-c5ccc(-c6cccc7ccccc67)nc5)cc(-c5ccc(-c6cccc7ccccc67)nc5)c4)cccc23)cc1. The van der Waals surface area contributed by atoms with Crippen molar-refractivity contribution in [3.8, 4) is 67.0 Å². The minimum atomic E-state index is 0.962. The molecule has 57 heavy (non-hydrogen) atoms. The third-order valence-electron chi connectivity index (χ3n) is 11.2. The van der Waals surface area contributed by atoms with Gasteiger partial charge in [-0.25, -0.2) is 0 Å². The molecule has 11 rings (SSSR count). The van der Waals surface area contributed by atoms with Crippen LogP contribution in [0.25, 0.3) is 109 Å².